The second-order valence-electron chi connectivity index (χ2n) is 17.2. The highest BCUT2D eigenvalue weighted by molar-refractivity contribution is 6.32. The summed E-state index contributed by atoms with van der Waals surface area (Å²) in [5.41, 5.74) is -1.27. The zero-order valence-corrected chi connectivity index (χ0v) is 38.0. The molecule has 5 N–H and O–H groups in total. The summed E-state index contributed by atoms with van der Waals surface area (Å²) in [4.78, 5) is 83.1. The van der Waals surface area contributed by atoms with Crippen LogP contribution in [0.3, 0.4) is 0 Å². The maximum absolute atomic E-state index is 14.8. The van der Waals surface area contributed by atoms with Gasteiger partial charge >= 0.3 is 11.9 Å². The van der Waals surface area contributed by atoms with Crippen molar-refractivity contribution in [1.29, 1.82) is 0 Å². The highest BCUT2D eigenvalue weighted by Gasteiger charge is 2.53. The van der Waals surface area contributed by atoms with Crippen molar-refractivity contribution >= 4 is 35.0 Å². The first kappa shape index (κ1) is 49.0. The number of Topliss-reactive ketones (excluding diaryl/α,β-unsaturated/α-hetero) is 3. The Bertz CT molecular complexity index is 2400. The molecule has 1 saturated heterocycles. The van der Waals surface area contributed by atoms with Gasteiger partial charge in [-0.3, -0.25) is 29.3 Å². The Morgan fingerprint density at radius 1 is 0.955 bits per heavy atom. The van der Waals surface area contributed by atoms with Crippen molar-refractivity contribution in [2.24, 2.45) is 23.7 Å². The number of rotatable bonds is 6. The third-order valence-corrected chi connectivity index (χ3v) is 12.8. The van der Waals surface area contributed by atoms with Gasteiger partial charge in [0.25, 0.3) is 17.4 Å². The van der Waals surface area contributed by atoms with Crippen molar-refractivity contribution in [3.63, 3.8) is 0 Å². The lowest BCUT2D eigenvalue weighted by molar-refractivity contribution is -0.384. The lowest BCUT2D eigenvalue weighted by atomic mass is 9.78. The molecule has 2 amide bonds. The molecule has 5 aliphatic rings. The topological polar surface area (TPSA) is 263 Å². The maximum atomic E-state index is 14.8. The van der Waals surface area contributed by atoms with Crippen LogP contribution in [-0.2, 0) is 30.3 Å². The van der Waals surface area contributed by atoms with Crippen molar-refractivity contribution in [3.8, 4) is 11.5 Å². The molecule has 0 saturated carbocycles. The number of aliphatic hydroxyl groups is 2. The number of nitro benzene ring substituents is 1. The number of fused-ring (bicyclic) bond motifs is 14. The van der Waals surface area contributed by atoms with Crippen LogP contribution in [0.25, 0.3) is 0 Å². The summed E-state index contributed by atoms with van der Waals surface area (Å²) in [6, 6.07) is 5.57. The highest BCUT2D eigenvalue weighted by Crippen LogP contribution is 2.49. The van der Waals surface area contributed by atoms with Crippen LogP contribution in [0.1, 0.15) is 83.7 Å². The van der Waals surface area contributed by atoms with E-state index in [1.54, 1.807) is 38.7 Å². The molecular weight excluding hydrogens is 861 g/mol. The molecule has 0 aromatic heterocycles. The number of aromatic hydroxyl groups is 1. The minimum Gasteiger partial charge on any atom is -0.507 e. The number of carbonyl (C=O) groups excluding carboxylic acids is 5. The van der Waals surface area contributed by atoms with Gasteiger partial charge < -0.3 is 54.5 Å². The molecular formula is C47H56N4O15. The summed E-state index contributed by atoms with van der Waals surface area (Å²) in [6.45, 7) is 11.6. The van der Waals surface area contributed by atoms with Gasteiger partial charge in [0.15, 0.2) is 0 Å². The first-order valence-electron chi connectivity index (χ1n) is 21.6. The molecule has 19 heteroatoms. The van der Waals surface area contributed by atoms with Gasteiger partial charge in [0.2, 0.25) is 11.6 Å². The van der Waals surface area contributed by atoms with Crippen LogP contribution in [0.4, 0.5) is 10.5 Å². The van der Waals surface area contributed by atoms with Crippen molar-refractivity contribution in [2.75, 3.05) is 33.4 Å². The summed E-state index contributed by atoms with van der Waals surface area (Å²) in [6.07, 6.45) is 1.84. The van der Waals surface area contributed by atoms with E-state index in [9.17, 15) is 49.4 Å². The predicted octanol–water partition coefficient (Wildman–Crippen LogP) is 4.56. The number of carbonyl (C=O) groups is 5. The highest BCUT2D eigenvalue weighted by atomic mass is 16.7. The van der Waals surface area contributed by atoms with Crippen LogP contribution in [0.2, 0.25) is 0 Å². The predicted molar refractivity (Wildman–Crippen MR) is 235 cm³/mol. The Kier molecular flexibility index (Phi) is 14.9. The maximum Gasteiger partial charge on any atom is 0.407 e. The van der Waals surface area contributed by atoms with Crippen LogP contribution in [-0.4, -0.2) is 118 Å². The SMILES string of the molecule is CO[C@H]1/C=C/O[C@@]2(C)Oc3c(C)c(O)c4c(c3C2=O)C(=O)C(N2CCOCC2)=C(NC(=O)/C(C)=C\C=C\[C@H](C)[C@H](O)[C@@H](C)[C@@H](O)[C@@H](C)[C@H](OC(=O)NCc2ccc([N+](=O)[O-])cc2)[C@@H]1C)C4=O. The van der Waals surface area contributed by atoms with E-state index in [-0.39, 0.29) is 66.7 Å². The number of non-ortho nitro benzene ring substituents is 1. The summed E-state index contributed by atoms with van der Waals surface area (Å²) < 4.78 is 29.4. The van der Waals surface area contributed by atoms with Gasteiger partial charge in [-0.1, -0.05) is 58.1 Å². The van der Waals surface area contributed by atoms with E-state index in [4.69, 9.17) is 23.7 Å². The number of ether oxygens (including phenoxy) is 5. The van der Waals surface area contributed by atoms with Gasteiger partial charge in [-0.25, -0.2) is 4.79 Å². The number of alkyl carbamates (subject to hydrolysis) is 1. The minimum atomic E-state index is -2.14. The fraction of sp³-hybridized carbons (Fsp3) is 0.468. The zero-order chi connectivity index (χ0) is 48.4. The fourth-order valence-corrected chi connectivity index (χ4v) is 8.65. The largest absolute Gasteiger partial charge is 0.507 e. The molecule has 2 aromatic carbocycles. The van der Waals surface area contributed by atoms with Gasteiger partial charge in [0, 0.05) is 80.6 Å². The number of benzene rings is 2. The number of allylic oxidation sites excluding steroid dienone is 4. The number of nitrogens with one attached hydrogen (secondary N) is 2. The van der Waals surface area contributed by atoms with Gasteiger partial charge in [-0.15, -0.1) is 0 Å². The molecule has 0 spiro atoms. The molecule has 1 aliphatic carbocycles. The Morgan fingerprint density at radius 3 is 2.26 bits per heavy atom. The van der Waals surface area contributed by atoms with Crippen LogP contribution in [0.15, 0.2) is 71.8 Å². The number of morpholine rings is 1. The van der Waals surface area contributed by atoms with Crippen molar-refractivity contribution in [3.05, 3.63) is 110 Å². The minimum absolute atomic E-state index is 0.0323. The van der Waals surface area contributed by atoms with Crippen LogP contribution < -0.4 is 15.4 Å². The molecule has 2 aromatic rings. The molecule has 354 valence electrons. The monoisotopic (exact) mass is 916 g/mol. The second kappa shape index (κ2) is 20.0. The fourth-order valence-electron chi connectivity index (χ4n) is 8.65. The van der Waals surface area contributed by atoms with E-state index in [1.165, 1.54) is 70.4 Å². The lowest BCUT2D eigenvalue weighted by Gasteiger charge is -2.38. The van der Waals surface area contributed by atoms with E-state index >= 15 is 0 Å². The van der Waals surface area contributed by atoms with Crippen molar-refractivity contribution in [1.82, 2.24) is 15.5 Å². The number of amides is 2. The van der Waals surface area contributed by atoms with E-state index in [0.717, 1.165) is 6.26 Å². The number of hydrogen-bond acceptors (Lipinski definition) is 16. The van der Waals surface area contributed by atoms with E-state index in [1.807, 2.05) is 0 Å². The smallest absolute Gasteiger partial charge is 0.407 e. The average Bonchev–Trinajstić information content (AvgIpc) is 3.56. The van der Waals surface area contributed by atoms with Crippen LogP contribution in [0.5, 0.6) is 11.5 Å². The number of nitro groups is 1. The average molecular weight is 917 g/mol. The number of aliphatic hydroxyl groups excluding tert-OH is 2. The molecule has 5 bridgehead atoms. The van der Waals surface area contributed by atoms with Crippen LogP contribution in [0, 0.1) is 40.7 Å². The standard InChI is InChI=1S/C47H56N4O15/c1-23-10-9-11-24(2)45(58)49-35-36(50-17-20-63-21-18-50)41(56)32-33(40(35)55)39(54)28(6)43-34(32)44(57)47(7,66-43)64-19-16-31(62-8)25(3)42(27(5)38(53)26(4)37(23)52)65-46(59)48-22-29-12-14-30(15-13-29)51(60)61/h9-16,19,23,25-27,31,37-38,42,52-54H,17-18,20-22H2,1-8H3,(H,48,59)(H,49,58)/b10-9+,19-16+,24-11-/t23-,25+,26+,27+,31-,37-,38+,42+,47-/m0/s1. The molecule has 66 heavy (non-hydrogen) atoms. The Morgan fingerprint density at radius 2 is 1.62 bits per heavy atom. The molecule has 9 atom stereocenters. The second-order valence-corrected chi connectivity index (χ2v) is 17.2. The summed E-state index contributed by atoms with van der Waals surface area (Å²) in [5, 5.41) is 51.2. The lowest BCUT2D eigenvalue weighted by Crippen LogP contribution is -2.47. The number of hydrogen-bond donors (Lipinski definition) is 5. The molecule has 1 fully saturated rings. The molecule has 0 radical (unpaired) electrons. The normalized spacial score (nSPS) is 30.4. The number of phenolic OH excluding ortho intramolecular Hbond substituents is 1. The number of ketones is 3. The molecule has 4 heterocycles. The third-order valence-electron chi connectivity index (χ3n) is 12.8. The van der Waals surface area contributed by atoms with Crippen molar-refractivity contribution < 1.29 is 67.9 Å². The quantitative estimate of drug-likeness (QED) is 0.196. The molecule has 7 rings (SSSR count). The number of nitrogens with zero attached hydrogens (tertiary/aromatic N) is 2. The summed E-state index contributed by atoms with van der Waals surface area (Å²) >= 11 is 0. The summed E-state index contributed by atoms with van der Waals surface area (Å²) in [5.74, 6) is -9.27. The zero-order valence-electron chi connectivity index (χ0n) is 38.0. The summed E-state index contributed by atoms with van der Waals surface area (Å²) in [7, 11) is 1.38. The molecule has 19 nitrogen and oxygen atoms in total. The van der Waals surface area contributed by atoms with Gasteiger partial charge in [-0.05, 0) is 25.5 Å². The molecule has 0 unspecified atom stereocenters. The van der Waals surface area contributed by atoms with Crippen LogP contribution >= 0.6 is 0 Å². The number of methoxy groups -OCH3 is 1. The number of phenols is 1. The first-order chi connectivity index (χ1) is 31.2. The van der Waals surface area contributed by atoms with E-state index < -0.39 is 111 Å². The molecule has 4 aliphatic heterocycles. The van der Waals surface area contributed by atoms with Crippen molar-refractivity contribution in [2.45, 2.75) is 85.2 Å². The van der Waals surface area contributed by atoms with Gasteiger partial charge in [-0.2, -0.15) is 0 Å². The van der Waals surface area contributed by atoms with E-state index in [0.29, 0.717) is 5.56 Å². The third kappa shape index (κ3) is 9.60. The Labute approximate surface area is 381 Å². The first-order valence-corrected chi connectivity index (χ1v) is 21.6. The van der Waals surface area contributed by atoms with Gasteiger partial charge in [0.1, 0.15) is 29.0 Å². The van der Waals surface area contributed by atoms with Gasteiger partial charge in [0.05, 0.1) is 59.4 Å². The Balaban J connectivity index is 1.40. The Hall–Kier alpha value is -6.41. The van der Waals surface area contributed by atoms with E-state index in [2.05, 4.69) is 10.6 Å².